The fourth-order valence-electron chi connectivity index (χ4n) is 0.741. The zero-order chi connectivity index (χ0) is 5.98. The lowest BCUT2D eigenvalue weighted by molar-refractivity contribution is 0.168. The minimum absolute atomic E-state index is 0.00347. The highest BCUT2D eigenvalue weighted by molar-refractivity contribution is 4.69. The Morgan fingerprint density at radius 3 is 2.75 bits per heavy atom. The van der Waals surface area contributed by atoms with Gasteiger partial charge in [-0.2, -0.15) is 0 Å². The first-order valence-corrected chi connectivity index (χ1v) is 2.78. The third kappa shape index (κ3) is 1.16. The van der Waals surface area contributed by atoms with E-state index in [1.54, 1.807) is 5.01 Å². The van der Waals surface area contributed by atoms with E-state index in [1.165, 1.54) is 0 Å². The molecule has 0 aromatic carbocycles. The number of hydrogen-bond donors (Lipinski definition) is 3. The predicted molar refractivity (Wildman–Crippen MR) is 31.7 cm³/mol. The fourth-order valence-corrected chi connectivity index (χ4v) is 0.741. The van der Waals surface area contributed by atoms with E-state index in [4.69, 9.17) is 11.6 Å². The summed E-state index contributed by atoms with van der Waals surface area (Å²) >= 11 is 0. The highest BCUT2D eigenvalue weighted by Gasteiger charge is 2.12. The first-order valence-electron chi connectivity index (χ1n) is 2.78. The van der Waals surface area contributed by atoms with Crippen LogP contribution < -0.4 is 16.9 Å². The molecular weight excluding hydrogens is 104 g/mol. The Labute approximate surface area is 48.8 Å². The van der Waals surface area contributed by atoms with Crippen LogP contribution in [0.4, 0.5) is 0 Å². The minimum Gasteiger partial charge on any atom is -0.314 e. The molecule has 0 bridgehead atoms. The van der Waals surface area contributed by atoms with Crippen molar-refractivity contribution in [2.45, 2.75) is 6.17 Å². The molecule has 1 fully saturated rings. The molecule has 0 amide bonds. The van der Waals surface area contributed by atoms with Gasteiger partial charge in [-0.1, -0.05) is 0 Å². The number of nitrogens with zero attached hydrogens (tertiary/aromatic N) is 1. The van der Waals surface area contributed by atoms with Crippen LogP contribution in [0.15, 0.2) is 0 Å². The minimum atomic E-state index is 0.00347. The molecule has 0 radical (unpaired) electrons. The fraction of sp³-hybridized carbons (Fsp3) is 1.00. The van der Waals surface area contributed by atoms with Gasteiger partial charge in [0.2, 0.25) is 0 Å². The van der Waals surface area contributed by atoms with E-state index in [2.05, 4.69) is 5.32 Å². The highest BCUT2D eigenvalue weighted by atomic mass is 15.5. The summed E-state index contributed by atoms with van der Waals surface area (Å²) in [6.45, 7) is 2.60. The summed E-state index contributed by atoms with van der Waals surface area (Å²) in [4.78, 5) is 0. The summed E-state index contributed by atoms with van der Waals surface area (Å²) < 4.78 is 0. The summed E-state index contributed by atoms with van der Waals surface area (Å²) in [7, 11) is 0. The molecule has 1 saturated heterocycles. The monoisotopic (exact) mass is 116 g/mol. The summed E-state index contributed by atoms with van der Waals surface area (Å²) in [6, 6.07) is 0. The molecule has 4 heteroatoms. The summed E-state index contributed by atoms with van der Waals surface area (Å²) in [5.74, 6) is 5.45. The van der Waals surface area contributed by atoms with Gasteiger partial charge in [0.25, 0.3) is 0 Å². The zero-order valence-electron chi connectivity index (χ0n) is 4.80. The van der Waals surface area contributed by atoms with Crippen LogP contribution in [0.1, 0.15) is 0 Å². The van der Waals surface area contributed by atoms with Crippen LogP contribution in [0.2, 0.25) is 0 Å². The SMILES string of the molecule is NC1CNCCN1N. The molecule has 8 heavy (non-hydrogen) atoms. The molecular formula is C4H12N4. The van der Waals surface area contributed by atoms with Crippen LogP contribution in [0.25, 0.3) is 0 Å². The lowest BCUT2D eigenvalue weighted by Crippen LogP contribution is -2.58. The average Bonchev–Trinajstić information content (AvgIpc) is 1.77. The third-order valence-corrected chi connectivity index (χ3v) is 1.33. The van der Waals surface area contributed by atoms with Crippen molar-refractivity contribution in [3.63, 3.8) is 0 Å². The van der Waals surface area contributed by atoms with Gasteiger partial charge in [-0.05, 0) is 0 Å². The second kappa shape index (κ2) is 2.41. The average molecular weight is 116 g/mol. The molecule has 1 rings (SSSR count). The number of hydrogen-bond acceptors (Lipinski definition) is 4. The third-order valence-electron chi connectivity index (χ3n) is 1.33. The Balaban J connectivity index is 2.28. The van der Waals surface area contributed by atoms with Crippen molar-refractivity contribution >= 4 is 0 Å². The molecule has 0 saturated carbocycles. The number of rotatable bonds is 0. The van der Waals surface area contributed by atoms with E-state index in [9.17, 15) is 0 Å². The summed E-state index contributed by atoms with van der Waals surface area (Å²) in [5, 5.41) is 4.77. The lowest BCUT2D eigenvalue weighted by Gasteiger charge is -2.28. The van der Waals surface area contributed by atoms with E-state index in [1.807, 2.05) is 0 Å². The molecule has 0 aromatic heterocycles. The Kier molecular flexibility index (Phi) is 1.80. The maximum Gasteiger partial charge on any atom is 0.0832 e. The van der Waals surface area contributed by atoms with Crippen LogP contribution in [-0.2, 0) is 0 Å². The van der Waals surface area contributed by atoms with Crippen molar-refractivity contribution in [2.75, 3.05) is 19.6 Å². The zero-order valence-corrected chi connectivity index (χ0v) is 4.80. The Morgan fingerprint density at radius 2 is 2.38 bits per heavy atom. The van der Waals surface area contributed by atoms with Crippen LogP contribution in [-0.4, -0.2) is 30.8 Å². The molecule has 1 aliphatic rings. The van der Waals surface area contributed by atoms with Crippen LogP contribution in [0, 0.1) is 0 Å². The molecule has 5 N–H and O–H groups in total. The van der Waals surface area contributed by atoms with Crippen molar-refractivity contribution in [3.05, 3.63) is 0 Å². The molecule has 1 heterocycles. The quantitative estimate of drug-likeness (QED) is 0.322. The predicted octanol–water partition coefficient (Wildman–Crippen LogP) is -1.95. The van der Waals surface area contributed by atoms with Gasteiger partial charge in [0.05, 0.1) is 6.17 Å². The van der Waals surface area contributed by atoms with Crippen molar-refractivity contribution < 1.29 is 0 Å². The van der Waals surface area contributed by atoms with E-state index >= 15 is 0 Å². The number of hydrazine groups is 1. The van der Waals surface area contributed by atoms with E-state index in [0.717, 1.165) is 19.6 Å². The van der Waals surface area contributed by atoms with Gasteiger partial charge in [-0.3, -0.25) is 5.84 Å². The molecule has 0 spiro atoms. The van der Waals surface area contributed by atoms with Crippen LogP contribution in [0.5, 0.6) is 0 Å². The second-order valence-electron chi connectivity index (χ2n) is 2.01. The normalized spacial score (nSPS) is 33.0. The van der Waals surface area contributed by atoms with Crippen molar-refractivity contribution in [1.82, 2.24) is 10.3 Å². The highest BCUT2D eigenvalue weighted by Crippen LogP contribution is 1.86. The first-order chi connectivity index (χ1) is 3.80. The van der Waals surface area contributed by atoms with Gasteiger partial charge in [0.15, 0.2) is 0 Å². The molecule has 4 nitrogen and oxygen atoms in total. The van der Waals surface area contributed by atoms with E-state index < -0.39 is 0 Å². The van der Waals surface area contributed by atoms with Crippen molar-refractivity contribution in [1.29, 1.82) is 0 Å². The Bertz CT molecular complexity index is 64.4. The van der Waals surface area contributed by atoms with Crippen LogP contribution >= 0.6 is 0 Å². The van der Waals surface area contributed by atoms with Gasteiger partial charge in [0, 0.05) is 19.6 Å². The molecule has 48 valence electrons. The van der Waals surface area contributed by atoms with Gasteiger partial charge < -0.3 is 11.1 Å². The Morgan fingerprint density at radius 1 is 1.62 bits per heavy atom. The van der Waals surface area contributed by atoms with E-state index in [0.29, 0.717) is 0 Å². The molecule has 1 aliphatic heterocycles. The molecule has 1 unspecified atom stereocenters. The van der Waals surface area contributed by atoms with Gasteiger partial charge in [0.1, 0.15) is 0 Å². The number of piperazine rings is 1. The molecule has 1 atom stereocenters. The van der Waals surface area contributed by atoms with Gasteiger partial charge >= 0.3 is 0 Å². The van der Waals surface area contributed by atoms with E-state index in [-0.39, 0.29) is 6.17 Å². The Hall–Kier alpha value is -0.160. The van der Waals surface area contributed by atoms with Crippen molar-refractivity contribution in [2.24, 2.45) is 11.6 Å². The topological polar surface area (TPSA) is 67.3 Å². The van der Waals surface area contributed by atoms with Crippen molar-refractivity contribution in [3.8, 4) is 0 Å². The first kappa shape index (κ1) is 5.97. The lowest BCUT2D eigenvalue weighted by atomic mass is 10.4. The second-order valence-corrected chi connectivity index (χ2v) is 2.01. The van der Waals surface area contributed by atoms with Crippen LogP contribution in [0.3, 0.4) is 0 Å². The maximum atomic E-state index is 5.52. The molecule has 0 aliphatic carbocycles. The summed E-state index contributed by atoms with van der Waals surface area (Å²) in [5.41, 5.74) is 5.52. The number of nitrogens with one attached hydrogen (secondary N) is 1. The standard InChI is InChI=1S/C4H12N4/c5-4-3-7-1-2-8(4)6/h4,7H,1-3,5-6H2. The molecule has 0 aromatic rings. The number of nitrogens with two attached hydrogens (primary N) is 2. The maximum absolute atomic E-state index is 5.52. The smallest absolute Gasteiger partial charge is 0.0832 e. The largest absolute Gasteiger partial charge is 0.314 e. The van der Waals surface area contributed by atoms with Gasteiger partial charge in [-0.15, -0.1) is 0 Å². The van der Waals surface area contributed by atoms with Gasteiger partial charge in [-0.25, -0.2) is 5.01 Å². The summed E-state index contributed by atoms with van der Waals surface area (Å²) in [6.07, 6.45) is 0.00347.